The van der Waals surface area contributed by atoms with Crippen molar-refractivity contribution in [1.82, 2.24) is 9.97 Å². The van der Waals surface area contributed by atoms with E-state index in [2.05, 4.69) is 9.97 Å². The summed E-state index contributed by atoms with van der Waals surface area (Å²) in [5.74, 6) is -0.0430. The molecule has 0 spiro atoms. The van der Waals surface area contributed by atoms with Crippen LogP contribution in [0.4, 0.5) is 0 Å². The number of nitrogens with zero attached hydrogens (tertiary/aromatic N) is 2. The molecule has 1 aliphatic rings. The van der Waals surface area contributed by atoms with Gasteiger partial charge in [0.15, 0.2) is 0 Å². The molecule has 86 valence electrons. The van der Waals surface area contributed by atoms with Crippen LogP contribution in [0.2, 0.25) is 0 Å². The molecular weight excluding hydrogens is 208 g/mol. The van der Waals surface area contributed by atoms with Crippen LogP contribution in [-0.2, 0) is 11.2 Å². The van der Waals surface area contributed by atoms with Crippen molar-refractivity contribution in [2.24, 2.45) is 0 Å². The molecular formula is C11H14N2O3. The van der Waals surface area contributed by atoms with Gasteiger partial charge in [-0.05, 0) is 12.8 Å². The number of carbonyl (C=O) groups is 1. The number of hydrogen-bond acceptors (Lipinski definition) is 4. The van der Waals surface area contributed by atoms with Crippen LogP contribution in [0.25, 0.3) is 0 Å². The van der Waals surface area contributed by atoms with Gasteiger partial charge in [-0.25, -0.2) is 14.8 Å². The van der Waals surface area contributed by atoms with Crippen molar-refractivity contribution in [3.63, 3.8) is 0 Å². The Hall–Kier alpha value is -1.49. The van der Waals surface area contributed by atoms with Crippen molar-refractivity contribution in [3.05, 3.63) is 23.3 Å². The van der Waals surface area contributed by atoms with Crippen LogP contribution in [0.5, 0.6) is 0 Å². The van der Waals surface area contributed by atoms with Crippen molar-refractivity contribution in [3.8, 4) is 0 Å². The van der Waals surface area contributed by atoms with E-state index >= 15 is 0 Å². The quantitative estimate of drug-likeness (QED) is 0.833. The van der Waals surface area contributed by atoms with Crippen LogP contribution in [0.3, 0.4) is 0 Å². The Kier molecular flexibility index (Phi) is 3.14. The Morgan fingerprint density at radius 1 is 1.69 bits per heavy atom. The fraction of sp³-hybridized carbons (Fsp3) is 0.545. The maximum absolute atomic E-state index is 10.9. The van der Waals surface area contributed by atoms with Crippen LogP contribution in [-0.4, -0.2) is 34.3 Å². The molecule has 1 atom stereocenters. The lowest BCUT2D eigenvalue weighted by atomic mass is 10.1. The second-order valence-corrected chi connectivity index (χ2v) is 3.81. The van der Waals surface area contributed by atoms with E-state index in [1.807, 2.05) is 6.92 Å². The summed E-state index contributed by atoms with van der Waals surface area (Å²) in [6, 6.07) is 0. The SMILES string of the molecule is CCc1nc(C2CCOC2)ncc1C(=O)O. The van der Waals surface area contributed by atoms with Crippen LogP contribution < -0.4 is 0 Å². The first-order valence-corrected chi connectivity index (χ1v) is 5.39. The Morgan fingerprint density at radius 3 is 3.06 bits per heavy atom. The molecule has 1 unspecified atom stereocenters. The molecule has 0 aromatic carbocycles. The Bertz CT molecular complexity index is 400. The van der Waals surface area contributed by atoms with E-state index in [1.165, 1.54) is 6.20 Å². The minimum atomic E-state index is -0.967. The minimum Gasteiger partial charge on any atom is -0.478 e. The molecule has 5 nitrogen and oxygen atoms in total. The normalized spacial score (nSPS) is 19.9. The minimum absolute atomic E-state index is 0.199. The molecule has 0 bridgehead atoms. The average molecular weight is 222 g/mol. The molecule has 2 rings (SSSR count). The van der Waals surface area contributed by atoms with Gasteiger partial charge in [0.2, 0.25) is 0 Å². The van der Waals surface area contributed by atoms with Gasteiger partial charge in [0, 0.05) is 18.7 Å². The number of hydrogen-bond donors (Lipinski definition) is 1. The third-order valence-electron chi connectivity index (χ3n) is 2.75. The summed E-state index contributed by atoms with van der Waals surface area (Å²) >= 11 is 0. The predicted molar refractivity (Wildman–Crippen MR) is 56.5 cm³/mol. The molecule has 1 saturated heterocycles. The van der Waals surface area contributed by atoms with Gasteiger partial charge in [-0.3, -0.25) is 0 Å². The van der Waals surface area contributed by atoms with Gasteiger partial charge in [0.25, 0.3) is 0 Å². The topological polar surface area (TPSA) is 72.3 Å². The summed E-state index contributed by atoms with van der Waals surface area (Å²) in [4.78, 5) is 19.3. The number of rotatable bonds is 3. The van der Waals surface area contributed by atoms with Gasteiger partial charge in [0.05, 0.1) is 17.9 Å². The molecule has 2 heterocycles. The van der Waals surface area contributed by atoms with Crippen LogP contribution in [0, 0.1) is 0 Å². The van der Waals surface area contributed by atoms with E-state index in [4.69, 9.17) is 9.84 Å². The first-order chi connectivity index (χ1) is 7.72. The largest absolute Gasteiger partial charge is 0.478 e. The summed E-state index contributed by atoms with van der Waals surface area (Å²) < 4.78 is 5.27. The first kappa shape index (κ1) is 11.0. The third-order valence-corrected chi connectivity index (χ3v) is 2.75. The zero-order valence-electron chi connectivity index (χ0n) is 9.14. The standard InChI is InChI=1S/C11H14N2O3/c1-2-9-8(11(14)15)5-12-10(13-9)7-3-4-16-6-7/h5,7H,2-4,6H2,1H3,(H,14,15). The molecule has 1 aliphatic heterocycles. The molecule has 0 amide bonds. The second-order valence-electron chi connectivity index (χ2n) is 3.81. The predicted octanol–water partition coefficient (Wildman–Crippen LogP) is 1.24. The Balaban J connectivity index is 2.32. The van der Waals surface area contributed by atoms with Crippen molar-refractivity contribution in [2.75, 3.05) is 13.2 Å². The first-order valence-electron chi connectivity index (χ1n) is 5.39. The highest BCUT2D eigenvalue weighted by molar-refractivity contribution is 5.88. The van der Waals surface area contributed by atoms with Gasteiger partial charge in [0.1, 0.15) is 5.82 Å². The maximum atomic E-state index is 10.9. The fourth-order valence-corrected chi connectivity index (χ4v) is 1.82. The number of ether oxygens (including phenoxy) is 1. The maximum Gasteiger partial charge on any atom is 0.339 e. The van der Waals surface area contributed by atoms with E-state index < -0.39 is 5.97 Å². The number of aromatic nitrogens is 2. The van der Waals surface area contributed by atoms with Gasteiger partial charge in [-0.1, -0.05) is 6.92 Å². The van der Waals surface area contributed by atoms with Crippen LogP contribution in [0.15, 0.2) is 6.20 Å². The molecule has 0 radical (unpaired) electrons. The molecule has 1 N–H and O–H groups in total. The van der Waals surface area contributed by atoms with E-state index in [0.717, 1.165) is 13.0 Å². The Morgan fingerprint density at radius 2 is 2.50 bits per heavy atom. The molecule has 1 fully saturated rings. The van der Waals surface area contributed by atoms with E-state index in [1.54, 1.807) is 0 Å². The lowest BCUT2D eigenvalue weighted by Gasteiger charge is -2.09. The third kappa shape index (κ3) is 2.04. The monoisotopic (exact) mass is 222 g/mol. The van der Waals surface area contributed by atoms with Crippen molar-refractivity contribution in [1.29, 1.82) is 0 Å². The van der Waals surface area contributed by atoms with Gasteiger partial charge in [-0.15, -0.1) is 0 Å². The number of carboxylic acid groups (broad SMARTS) is 1. The zero-order valence-corrected chi connectivity index (χ0v) is 9.14. The molecule has 16 heavy (non-hydrogen) atoms. The second kappa shape index (κ2) is 4.57. The number of carboxylic acids is 1. The smallest absolute Gasteiger partial charge is 0.339 e. The highest BCUT2D eigenvalue weighted by Gasteiger charge is 2.22. The lowest BCUT2D eigenvalue weighted by molar-refractivity contribution is 0.0694. The summed E-state index contributed by atoms with van der Waals surface area (Å²) in [6.45, 7) is 3.26. The highest BCUT2D eigenvalue weighted by atomic mass is 16.5. The van der Waals surface area contributed by atoms with Crippen LogP contribution in [0.1, 0.15) is 41.1 Å². The highest BCUT2D eigenvalue weighted by Crippen LogP contribution is 2.22. The van der Waals surface area contributed by atoms with Gasteiger partial charge < -0.3 is 9.84 Å². The van der Waals surface area contributed by atoms with Crippen molar-refractivity contribution < 1.29 is 14.6 Å². The molecule has 5 heteroatoms. The summed E-state index contributed by atoms with van der Waals surface area (Å²) in [5, 5.41) is 8.95. The Labute approximate surface area is 93.5 Å². The van der Waals surface area contributed by atoms with E-state index in [9.17, 15) is 4.79 Å². The van der Waals surface area contributed by atoms with Crippen LogP contribution >= 0.6 is 0 Å². The summed E-state index contributed by atoms with van der Waals surface area (Å²) in [5.41, 5.74) is 0.801. The number of aryl methyl sites for hydroxylation is 1. The number of aromatic carboxylic acids is 1. The van der Waals surface area contributed by atoms with Crippen molar-refractivity contribution in [2.45, 2.75) is 25.7 Å². The van der Waals surface area contributed by atoms with E-state index in [-0.39, 0.29) is 11.5 Å². The van der Waals surface area contributed by atoms with Crippen molar-refractivity contribution >= 4 is 5.97 Å². The molecule has 0 saturated carbocycles. The van der Waals surface area contributed by atoms with E-state index in [0.29, 0.717) is 24.5 Å². The fourth-order valence-electron chi connectivity index (χ4n) is 1.82. The molecule has 0 aliphatic carbocycles. The zero-order chi connectivity index (χ0) is 11.5. The van der Waals surface area contributed by atoms with Gasteiger partial charge in [-0.2, -0.15) is 0 Å². The lowest BCUT2D eigenvalue weighted by Crippen LogP contribution is -2.11. The summed E-state index contributed by atoms with van der Waals surface area (Å²) in [6.07, 6.45) is 2.92. The summed E-state index contributed by atoms with van der Waals surface area (Å²) in [7, 11) is 0. The molecule has 1 aromatic heterocycles. The molecule has 1 aromatic rings. The van der Waals surface area contributed by atoms with Gasteiger partial charge >= 0.3 is 5.97 Å². The average Bonchev–Trinajstić information content (AvgIpc) is 2.81.